The average molecular weight is 252 g/mol. The minimum absolute atomic E-state index is 0.244. The molecule has 1 saturated carbocycles. The minimum atomic E-state index is -3.42. The van der Waals surface area contributed by atoms with E-state index in [1.807, 2.05) is 0 Å². The molecule has 0 heterocycles. The van der Waals surface area contributed by atoms with Crippen LogP contribution in [-0.4, -0.2) is 46.4 Å². The molecule has 1 aliphatic rings. The maximum Gasteiger partial charge on any atom is 0.276 e. The predicted octanol–water partition coefficient (Wildman–Crippen LogP) is -0.782. The standard InChI is InChI=1S/C9H20N2O4S/c1-15-5-4-10-16(13,14)11-7-8-2-3-9(12)6-8/h8-12H,2-7H2,1H3. The summed E-state index contributed by atoms with van der Waals surface area (Å²) in [6, 6.07) is 0. The van der Waals surface area contributed by atoms with Crippen LogP contribution in [0, 0.1) is 5.92 Å². The highest BCUT2D eigenvalue weighted by Crippen LogP contribution is 2.24. The van der Waals surface area contributed by atoms with Crippen molar-refractivity contribution in [2.45, 2.75) is 25.4 Å². The molecule has 0 radical (unpaired) electrons. The molecule has 0 spiro atoms. The number of ether oxygens (including phenoxy) is 1. The zero-order valence-electron chi connectivity index (χ0n) is 9.48. The van der Waals surface area contributed by atoms with Crippen LogP contribution >= 0.6 is 0 Å². The summed E-state index contributed by atoms with van der Waals surface area (Å²) in [5.74, 6) is 0.244. The SMILES string of the molecule is COCCNS(=O)(=O)NCC1CCC(O)C1. The summed E-state index contributed by atoms with van der Waals surface area (Å²) < 4.78 is 32.4. The summed E-state index contributed by atoms with van der Waals surface area (Å²) in [7, 11) is -1.90. The number of rotatable bonds is 7. The first-order valence-corrected chi connectivity index (χ1v) is 6.93. The van der Waals surface area contributed by atoms with E-state index in [1.165, 1.54) is 7.11 Å². The third kappa shape index (κ3) is 5.22. The molecule has 3 N–H and O–H groups in total. The van der Waals surface area contributed by atoms with E-state index in [-0.39, 0.29) is 18.6 Å². The Balaban J connectivity index is 2.20. The molecular weight excluding hydrogens is 232 g/mol. The molecule has 0 saturated heterocycles. The van der Waals surface area contributed by atoms with Crippen LogP contribution in [0.5, 0.6) is 0 Å². The van der Waals surface area contributed by atoms with Gasteiger partial charge in [0.1, 0.15) is 0 Å². The maximum absolute atomic E-state index is 11.4. The fraction of sp³-hybridized carbons (Fsp3) is 1.00. The Hall–Kier alpha value is -0.210. The zero-order valence-corrected chi connectivity index (χ0v) is 10.3. The van der Waals surface area contributed by atoms with Crippen LogP contribution in [0.3, 0.4) is 0 Å². The number of aliphatic hydroxyl groups is 1. The molecule has 0 aliphatic heterocycles. The third-order valence-electron chi connectivity index (χ3n) is 2.67. The fourth-order valence-electron chi connectivity index (χ4n) is 1.79. The van der Waals surface area contributed by atoms with Crippen molar-refractivity contribution >= 4 is 10.2 Å². The lowest BCUT2D eigenvalue weighted by Crippen LogP contribution is -2.40. The number of aliphatic hydroxyl groups excluding tert-OH is 1. The van der Waals surface area contributed by atoms with Crippen molar-refractivity contribution in [2.24, 2.45) is 5.92 Å². The highest BCUT2D eigenvalue weighted by molar-refractivity contribution is 7.87. The molecule has 1 rings (SSSR count). The molecule has 0 bridgehead atoms. The highest BCUT2D eigenvalue weighted by atomic mass is 32.2. The Bertz CT molecular complexity index is 294. The van der Waals surface area contributed by atoms with E-state index < -0.39 is 10.2 Å². The second-order valence-corrected chi connectivity index (χ2v) is 5.66. The highest BCUT2D eigenvalue weighted by Gasteiger charge is 2.23. The summed E-state index contributed by atoms with van der Waals surface area (Å²) >= 11 is 0. The van der Waals surface area contributed by atoms with E-state index in [9.17, 15) is 13.5 Å². The molecule has 6 nitrogen and oxygen atoms in total. The maximum atomic E-state index is 11.4. The van der Waals surface area contributed by atoms with Gasteiger partial charge >= 0.3 is 0 Å². The van der Waals surface area contributed by atoms with E-state index in [0.717, 1.165) is 12.8 Å². The van der Waals surface area contributed by atoms with Crippen LogP contribution < -0.4 is 9.44 Å². The van der Waals surface area contributed by atoms with E-state index >= 15 is 0 Å². The molecule has 0 aromatic heterocycles. The third-order valence-corrected chi connectivity index (χ3v) is 3.80. The molecule has 0 amide bonds. The van der Waals surface area contributed by atoms with Crippen LogP contribution in [0.1, 0.15) is 19.3 Å². The largest absolute Gasteiger partial charge is 0.393 e. The van der Waals surface area contributed by atoms with Crippen molar-refractivity contribution in [1.29, 1.82) is 0 Å². The minimum Gasteiger partial charge on any atom is -0.393 e. The lowest BCUT2D eigenvalue weighted by Gasteiger charge is -2.11. The molecular formula is C9H20N2O4S. The van der Waals surface area contributed by atoms with Crippen molar-refractivity contribution in [1.82, 2.24) is 9.44 Å². The number of hydrogen-bond donors (Lipinski definition) is 3. The molecule has 1 fully saturated rings. The molecule has 96 valence electrons. The molecule has 0 aromatic rings. The normalized spacial score (nSPS) is 26.1. The van der Waals surface area contributed by atoms with Crippen molar-refractivity contribution in [3.8, 4) is 0 Å². The monoisotopic (exact) mass is 252 g/mol. The first-order chi connectivity index (χ1) is 7.53. The zero-order chi connectivity index (χ0) is 12.0. The van der Waals surface area contributed by atoms with E-state index in [0.29, 0.717) is 19.6 Å². The van der Waals surface area contributed by atoms with Crippen molar-refractivity contribution < 1.29 is 18.3 Å². The van der Waals surface area contributed by atoms with Gasteiger partial charge in [-0.25, -0.2) is 4.72 Å². The second kappa shape index (κ2) is 6.51. The quantitative estimate of drug-likeness (QED) is 0.519. The van der Waals surface area contributed by atoms with Gasteiger partial charge in [-0.1, -0.05) is 0 Å². The van der Waals surface area contributed by atoms with Gasteiger partial charge in [-0.2, -0.15) is 13.1 Å². The van der Waals surface area contributed by atoms with Crippen molar-refractivity contribution in [2.75, 3.05) is 26.8 Å². The van der Waals surface area contributed by atoms with Crippen molar-refractivity contribution in [3.63, 3.8) is 0 Å². The predicted molar refractivity (Wildman–Crippen MR) is 60.1 cm³/mol. The lowest BCUT2D eigenvalue weighted by molar-refractivity contribution is 0.178. The fourth-order valence-corrected chi connectivity index (χ4v) is 2.70. The Kier molecular flexibility index (Phi) is 5.63. The van der Waals surface area contributed by atoms with Crippen LogP contribution in [-0.2, 0) is 14.9 Å². The van der Waals surface area contributed by atoms with Crippen molar-refractivity contribution in [3.05, 3.63) is 0 Å². The summed E-state index contributed by atoms with van der Waals surface area (Å²) in [6.07, 6.45) is 2.06. The van der Waals surface area contributed by atoms with E-state index in [1.54, 1.807) is 0 Å². The van der Waals surface area contributed by atoms with E-state index in [2.05, 4.69) is 9.44 Å². The van der Waals surface area contributed by atoms with Crippen LogP contribution in [0.25, 0.3) is 0 Å². The summed E-state index contributed by atoms with van der Waals surface area (Å²) in [5, 5.41) is 9.29. The van der Waals surface area contributed by atoms with Crippen LogP contribution in [0.4, 0.5) is 0 Å². The van der Waals surface area contributed by atoms with Gasteiger partial charge in [-0.05, 0) is 25.2 Å². The summed E-state index contributed by atoms with van der Waals surface area (Å²) in [4.78, 5) is 0. The van der Waals surface area contributed by atoms with E-state index in [4.69, 9.17) is 4.74 Å². The van der Waals surface area contributed by atoms with Gasteiger partial charge in [0.2, 0.25) is 0 Å². The second-order valence-electron chi connectivity index (χ2n) is 4.07. The molecule has 16 heavy (non-hydrogen) atoms. The van der Waals surface area contributed by atoms with Gasteiger partial charge in [0.05, 0.1) is 12.7 Å². The van der Waals surface area contributed by atoms with Crippen LogP contribution in [0.2, 0.25) is 0 Å². The van der Waals surface area contributed by atoms with Crippen LogP contribution in [0.15, 0.2) is 0 Å². The smallest absolute Gasteiger partial charge is 0.276 e. The molecule has 0 aromatic carbocycles. The Morgan fingerprint density at radius 2 is 2.12 bits per heavy atom. The number of methoxy groups -OCH3 is 1. The number of hydrogen-bond acceptors (Lipinski definition) is 4. The topological polar surface area (TPSA) is 87.7 Å². The summed E-state index contributed by atoms with van der Waals surface area (Å²) in [5.41, 5.74) is 0. The molecule has 1 aliphatic carbocycles. The Labute approximate surface area is 96.6 Å². The van der Waals surface area contributed by atoms with Gasteiger partial charge in [-0.15, -0.1) is 0 Å². The van der Waals surface area contributed by atoms with Gasteiger partial charge in [0.15, 0.2) is 0 Å². The van der Waals surface area contributed by atoms with Gasteiger partial charge < -0.3 is 9.84 Å². The Morgan fingerprint density at radius 1 is 1.38 bits per heavy atom. The number of nitrogens with one attached hydrogen (secondary N) is 2. The first kappa shape index (κ1) is 13.9. The molecule has 7 heteroatoms. The molecule has 2 atom stereocenters. The first-order valence-electron chi connectivity index (χ1n) is 5.45. The van der Waals surface area contributed by atoms with Gasteiger partial charge in [0.25, 0.3) is 10.2 Å². The summed E-state index contributed by atoms with van der Waals surface area (Å²) in [6.45, 7) is 1.00. The average Bonchev–Trinajstić information content (AvgIpc) is 2.62. The molecule has 2 unspecified atom stereocenters. The lowest BCUT2D eigenvalue weighted by atomic mass is 10.1. The van der Waals surface area contributed by atoms with Gasteiger partial charge in [-0.3, -0.25) is 0 Å². The van der Waals surface area contributed by atoms with Gasteiger partial charge in [0, 0.05) is 20.2 Å². The Morgan fingerprint density at radius 3 is 2.69 bits per heavy atom.